The number of esters is 1. The molecule has 0 aliphatic heterocycles. The maximum absolute atomic E-state index is 12.5. The summed E-state index contributed by atoms with van der Waals surface area (Å²) >= 11 is 0. The normalized spacial score (nSPS) is 13.9. The third-order valence-electron chi connectivity index (χ3n) is 7.87. The summed E-state index contributed by atoms with van der Waals surface area (Å²) in [4.78, 5) is 22.3. The van der Waals surface area contributed by atoms with Crippen LogP contribution >= 0.6 is 7.82 Å². The summed E-state index contributed by atoms with van der Waals surface area (Å²) in [6, 6.07) is 0. The van der Waals surface area contributed by atoms with Crippen LogP contribution in [0.5, 0.6) is 0 Å². The first-order valence-electron chi connectivity index (χ1n) is 18.8. The van der Waals surface area contributed by atoms with Crippen LogP contribution in [-0.4, -0.2) is 49.9 Å². The number of carbonyl (C=O) groups is 1. The van der Waals surface area contributed by atoms with Gasteiger partial charge in [0.05, 0.1) is 19.8 Å². The predicted molar refractivity (Wildman–Crippen MR) is 192 cm³/mol. The van der Waals surface area contributed by atoms with Crippen LogP contribution in [0.3, 0.4) is 0 Å². The highest BCUT2D eigenvalue weighted by Gasteiger charge is 2.25. The Morgan fingerprint density at radius 3 is 1.74 bits per heavy atom. The second-order valence-electron chi connectivity index (χ2n) is 12.4. The molecule has 8 nitrogen and oxygen atoms in total. The number of ether oxygens (including phenoxy) is 2. The van der Waals surface area contributed by atoms with Crippen LogP contribution in [0.15, 0.2) is 24.3 Å². The van der Waals surface area contributed by atoms with Gasteiger partial charge in [-0.1, -0.05) is 141 Å². The SMILES string of the molecule is CCCCC/C=C\C/C=C\CCCCCCCCCC(=O)OC(COCCCCCCCCCCCC)COP(=O)(O)OCCN. The van der Waals surface area contributed by atoms with Crippen LogP contribution < -0.4 is 5.73 Å². The maximum atomic E-state index is 12.5. The predicted octanol–water partition coefficient (Wildman–Crippen LogP) is 10.5. The van der Waals surface area contributed by atoms with Crippen molar-refractivity contribution in [1.29, 1.82) is 0 Å². The van der Waals surface area contributed by atoms with E-state index >= 15 is 0 Å². The summed E-state index contributed by atoms with van der Waals surface area (Å²) < 4.78 is 33.2. The highest BCUT2D eigenvalue weighted by molar-refractivity contribution is 7.47. The van der Waals surface area contributed by atoms with Gasteiger partial charge in [-0.25, -0.2) is 4.57 Å². The zero-order valence-corrected chi connectivity index (χ0v) is 30.7. The number of nitrogens with two attached hydrogens (primary N) is 1. The van der Waals surface area contributed by atoms with Crippen molar-refractivity contribution in [1.82, 2.24) is 0 Å². The molecule has 3 N–H and O–H groups in total. The quantitative estimate of drug-likeness (QED) is 0.0292. The van der Waals surface area contributed by atoms with E-state index in [4.69, 9.17) is 24.3 Å². The van der Waals surface area contributed by atoms with Crippen LogP contribution in [0.1, 0.15) is 168 Å². The molecule has 0 aromatic carbocycles. The number of carbonyl (C=O) groups excluding carboxylic acids is 1. The Balaban J connectivity index is 4.08. The first-order valence-corrected chi connectivity index (χ1v) is 20.3. The Bertz CT molecular complexity index is 762. The number of hydrogen-bond acceptors (Lipinski definition) is 7. The molecule has 0 saturated carbocycles. The highest BCUT2D eigenvalue weighted by Crippen LogP contribution is 2.43. The molecule has 0 aromatic rings. The van der Waals surface area contributed by atoms with E-state index in [1.54, 1.807) is 0 Å². The molecule has 2 atom stereocenters. The third-order valence-corrected chi connectivity index (χ3v) is 8.86. The van der Waals surface area contributed by atoms with Gasteiger partial charge in [0.15, 0.2) is 0 Å². The molecule has 0 radical (unpaired) electrons. The fourth-order valence-corrected chi connectivity index (χ4v) is 5.85. The molecule has 46 heavy (non-hydrogen) atoms. The molecule has 0 spiro atoms. The lowest BCUT2D eigenvalue weighted by Crippen LogP contribution is -2.28. The molecular formula is C37H72NO7P. The minimum absolute atomic E-state index is 0.0956. The highest BCUT2D eigenvalue weighted by atomic mass is 31.2. The Morgan fingerprint density at radius 2 is 1.15 bits per heavy atom. The van der Waals surface area contributed by atoms with Crippen molar-refractivity contribution < 1.29 is 32.8 Å². The van der Waals surface area contributed by atoms with Crippen LogP contribution in [0.2, 0.25) is 0 Å². The number of allylic oxidation sites excluding steroid dienone is 4. The van der Waals surface area contributed by atoms with Gasteiger partial charge >= 0.3 is 13.8 Å². The summed E-state index contributed by atoms with van der Waals surface area (Å²) in [5.41, 5.74) is 5.34. The van der Waals surface area contributed by atoms with Gasteiger partial charge < -0.3 is 20.1 Å². The Morgan fingerprint density at radius 1 is 0.652 bits per heavy atom. The first-order chi connectivity index (χ1) is 22.4. The number of phosphoric acid groups is 1. The number of unbranched alkanes of at least 4 members (excludes halogenated alkanes) is 19. The van der Waals surface area contributed by atoms with Gasteiger partial charge in [0.1, 0.15) is 6.10 Å². The number of rotatable bonds is 36. The fraction of sp³-hybridized carbons (Fsp3) is 0.865. The molecule has 0 amide bonds. The van der Waals surface area contributed by atoms with Crippen LogP contribution in [0.4, 0.5) is 0 Å². The molecule has 9 heteroatoms. The molecular weight excluding hydrogens is 601 g/mol. The van der Waals surface area contributed by atoms with Gasteiger partial charge in [-0.3, -0.25) is 13.8 Å². The number of phosphoric ester groups is 1. The largest absolute Gasteiger partial charge is 0.472 e. The lowest BCUT2D eigenvalue weighted by molar-refractivity contribution is -0.154. The standard InChI is InChI=1S/C37H72NO7P/c1-3-5-7-9-11-13-15-16-17-18-19-20-21-22-24-26-28-30-37(39)45-36(35-44-46(40,41)43-33-31-38)34-42-32-29-27-25-23-14-12-10-8-6-4-2/h11,13,16-17,36H,3-10,12,14-15,18-35,38H2,1-2H3,(H,40,41)/b13-11-,17-16-. The van der Waals surface area contributed by atoms with Gasteiger partial charge in [0.25, 0.3) is 0 Å². The topological polar surface area (TPSA) is 117 Å². The van der Waals surface area contributed by atoms with Crippen molar-refractivity contribution in [2.24, 2.45) is 5.73 Å². The van der Waals surface area contributed by atoms with E-state index in [1.807, 2.05) is 0 Å². The molecule has 0 aliphatic rings. The molecule has 0 aliphatic carbocycles. The van der Waals surface area contributed by atoms with Crippen molar-refractivity contribution in [2.75, 3.05) is 33.0 Å². The molecule has 2 unspecified atom stereocenters. The van der Waals surface area contributed by atoms with E-state index in [9.17, 15) is 14.3 Å². The summed E-state index contributed by atoms with van der Waals surface area (Å²) in [6.07, 6.45) is 36.1. The van der Waals surface area contributed by atoms with Crippen LogP contribution in [0.25, 0.3) is 0 Å². The molecule has 0 fully saturated rings. The average molecular weight is 674 g/mol. The molecule has 0 saturated heterocycles. The molecule has 272 valence electrons. The fourth-order valence-electron chi connectivity index (χ4n) is 5.08. The van der Waals surface area contributed by atoms with Gasteiger partial charge in [-0.15, -0.1) is 0 Å². The summed E-state index contributed by atoms with van der Waals surface area (Å²) in [5, 5.41) is 0. The lowest BCUT2D eigenvalue weighted by atomic mass is 10.1. The third kappa shape index (κ3) is 34.3. The minimum Gasteiger partial charge on any atom is -0.457 e. The second kappa shape index (κ2) is 35.3. The van der Waals surface area contributed by atoms with Gasteiger partial charge in [0.2, 0.25) is 0 Å². The van der Waals surface area contributed by atoms with Crippen molar-refractivity contribution in [3.05, 3.63) is 24.3 Å². The lowest BCUT2D eigenvalue weighted by Gasteiger charge is -2.20. The van der Waals surface area contributed by atoms with E-state index in [-0.39, 0.29) is 32.3 Å². The van der Waals surface area contributed by atoms with E-state index < -0.39 is 13.9 Å². The monoisotopic (exact) mass is 674 g/mol. The second-order valence-corrected chi connectivity index (χ2v) is 13.9. The Hall–Kier alpha value is -1.02. The van der Waals surface area contributed by atoms with Crippen molar-refractivity contribution in [3.63, 3.8) is 0 Å². The van der Waals surface area contributed by atoms with Crippen LogP contribution in [-0.2, 0) is 27.9 Å². The summed E-state index contributed by atoms with van der Waals surface area (Å²) in [5.74, 6) is -0.339. The van der Waals surface area contributed by atoms with Crippen LogP contribution in [0, 0.1) is 0 Å². The zero-order valence-electron chi connectivity index (χ0n) is 29.8. The summed E-state index contributed by atoms with van der Waals surface area (Å²) in [7, 11) is -4.27. The van der Waals surface area contributed by atoms with Crippen molar-refractivity contribution in [2.45, 2.75) is 174 Å². The first kappa shape index (κ1) is 45.0. The Labute approximate surface area is 283 Å². The smallest absolute Gasteiger partial charge is 0.457 e. The van der Waals surface area contributed by atoms with E-state index in [0.717, 1.165) is 44.9 Å². The van der Waals surface area contributed by atoms with Crippen molar-refractivity contribution in [3.8, 4) is 0 Å². The molecule has 0 heterocycles. The van der Waals surface area contributed by atoms with Crippen molar-refractivity contribution >= 4 is 13.8 Å². The Kier molecular flexibility index (Phi) is 34.5. The average Bonchev–Trinajstić information content (AvgIpc) is 3.04. The van der Waals surface area contributed by atoms with E-state index in [1.165, 1.54) is 103 Å². The van der Waals surface area contributed by atoms with Gasteiger partial charge in [-0.2, -0.15) is 0 Å². The number of hydrogen-bond donors (Lipinski definition) is 2. The van der Waals surface area contributed by atoms with E-state index in [0.29, 0.717) is 13.0 Å². The van der Waals surface area contributed by atoms with E-state index in [2.05, 4.69) is 38.2 Å². The maximum Gasteiger partial charge on any atom is 0.472 e. The molecule has 0 aromatic heterocycles. The zero-order chi connectivity index (χ0) is 33.8. The summed E-state index contributed by atoms with van der Waals surface area (Å²) in [6.45, 7) is 4.88. The van der Waals surface area contributed by atoms with Gasteiger partial charge in [0, 0.05) is 19.6 Å². The molecule has 0 bridgehead atoms. The van der Waals surface area contributed by atoms with Gasteiger partial charge in [-0.05, 0) is 44.9 Å². The minimum atomic E-state index is -4.27. The molecule has 0 rings (SSSR count).